The summed E-state index contributed by atoms with van der Waals surface area (Å²) < 4.78 is 18.9. The highest BCUT2D eigenvalue weighted by atomic mass is 19.1. The first-order chi connectivity index (χ1) is 9.13. The molecular formula is C17H28FNO. The maximum absolute atomic E-state index is 13.9. The molecule has 1 aromatic rings. The Morgan fingerprint density at radius 3 is 2.30 bits per heavy atom. The number of hydrogen-bond donors (Lipinski definition) is 1. The second kappa shape index (κ2) is 6.57. The monoisotopic (exact) mass is 281 g/mol. The Morgan fingerprint density at radius 2 is 1.80 bits per heavy atom. The summed E-state index contributed by atoms with van der Waals surface area (Å²) in [5.41, 5.74) is 1.01. The fourth-order valence-electron chi connectivity index (χ4n) is 1.92. The van der Waals surface area contributed by atoms with Gasteiger partial charge in [-0.25, -0.2) is 4.39 Å². The van der Waals surface area contributed by atoms with E-state index in [1.54, 1.807) is 7.11 Å². The molecule has 0 amide bonds. The highest BCUT2D eigenvalue weighted by Crippen LogP contribution is 2.25. The van der Waals surface area contributed by atoms with E-state index in [-0.39, 0.29) is 16.8 Å². The van der Waals surface area contributed by atoms with Crippen molar-refractivity contribution < 1.29 is 9.13 Å². The molecule has 1 aromatic carbocycles. The maximum Gasteiger partial charge on any atom is 0.130 e. The summed E-state index contributed by atoms with van der Waals surface area (Å²) in [7, 11) is 1.55. The third kappa shape index (κ3) is 5.91. The van der Waals surface area contributed by atoms with Crippen molar-refractivity contribution in [1.82, 2.24) is 5.32 Å². The summed E-state index contributed by atoms with van der Waals surface area (Å²) in [6, 6.07) is 5.09. The lowest BCUT2D eigenvalue weighted by molar-refractivity contribution is 0.272. The smallest absolute Gasteiger partial charge is 0.130 e. The molecule has 20 heavy (non-hydrogen) atoms. The minimum absolute atomic E-state index is 0.114. The van der Waals surface area contributed by atoms with Crippen molar-refractivity contribution in [2.45, 2.75) is 53.0 Å². The molecule has 0 unspecified atom stereocenters. The van der Waals surface area contributed by atoms with E-state index in [9.17, 15) is 4.39 Å². The van der Waals surface area contributed by atoms with E-state index in [0.29, 0.717) is 5.75 Å². The van der Waals surface area contributed by atoms with E-state index in [2.05, 4.69) is 39.9 Å². The van der Waals surface area contributed by atoms with Crippen LogP contribution in [0.25, 0.3) is 0 Å². The van der Waals surface area contributed by atoms with Crippen LogP contribution in [0, 0.1) is 11.2 Å². The van der Waals surface area contributed by atoms with Crippen LogP contribution in [0.2, 0.25) is 0 Å². The third-order valence-electron chi connectivity index (χ3n) is 3.43. The lowest BCUT2D eigenvalue weighted by atomic mass is 9.85. The van der Waals surface area contributed by atoms with Gasteiger partial charge in [0.15, 0.2) is 0 Å². The lowest BCUT2D eigenvalue weighted by Crippen LogP contribution is -2.42. The Kier molecular flexibility index (Phi) is 5.58. The molecule has 0 aliphatic rings. The van der Waals surface area contributed by atoms with E-state index in [1.165, 1.54) is 6.07 Å². The average molecular weight is 281 g/mol. The van der Waals surface area contributed by atoms with Crippen LogP contribution in [0.4, 0.5) is 4.39 Å². The fourth-order valence-corrected chi connectivity index (χ4v) is 1.92. The predicted molar refractivity (Wildman–Crippen MR) is 82.8 cm³/mol. The molecule has 114 valence electrons. The molecular weight excluding hydrogens is 253 g/mol. The summed E-state index contributed by atoms with van der Waals surface area (Å²) >= 11 is 0. The molecule has 0 atom stereocenters. The second-order valence-electron chi connectivity index (χ2n) is 7.23. The van der Waals surface area contributed by atoms with Crippen LogP contribution >= 0.6 is 0 Å². The van der Waals surface area contributed by atoms with Crippen molar-refractivity contribution in [3.8, 4) is 5.75 Å². The summed E-state index contributed by atoms with van der Waals surface area (Å²) in [6.45, 7) is 11.8. The summed E-state index contributed by atoms with van der Waals surface area (Å²) in [6.07, 6.45) is 1.69. The molecule has 2 nitrogen and oxygen atoms in total. The molecule has 3 heteroatoms. The van der Waals surface area contributed by atoms with Gasteiger partial charge in [-0.2, -0.15) is 0 Å². The van der Waals surface area contributed by atoms with Crippen LogP contribution in [-0.4, -0.2) is 19.2 Å². The minimum atomic E-state index is -0.177. The number of ether oxygens (including phenoxy) is 1. The van der Waals surface area contributed by atoms with Crippen molar-refractivity contribution in [3.63, 3.8) is 0 Å². The van der Waals surface area contributed by atoms with E-state index < -0.39 is 0 Å². The number of methoxy groups -OCH3 is 1. The molecule has 0 radical (unpaired) electrons. The van der Waals surface area contributed by atoms with E-state index in [1.807, 2.05) is 12.1 Å². The van der Waals surface area contributed by atoms with Gasteiger partial charge in [-0.3, -0.25) is 0 Å². The zero-order valence-corrected chi connectivity index (χ0v) is 13.6. The molecule has 0 heterocycles. The molecule has 0 spiro atoms. The molecule has 0 saturated carbocycles. The van der Waals surface area contributed by atoms with Crippen LogP contribution in [0.1, 0.15) is 46.6 Å². The van der Waals surface area contributed by atoms with Crippen LogP contribution in [0.5, 0.6) is 5.75 Å². The standard InChI is InChI=1S/C17H28FNO/c1-16(2,3)19-12-17(4,5)10-9-13-7-8-14(20-6)11-15(13)18/h7-8,11,19H,9-10,12H2,1-6H3. The van der Waals surface area contributed by atoms with Gasteiger partial charge in [0.25, 0.3) is 0 Å². The Labute approximate surface area is 122 Å². The number of benzene rings is 1. The number of hydrogen-bond acceptors (Lipinski definition) is 2. The van der Waals surface area contributed by atoms with Gasteiger partial charge in [-0.1, -0.05) is 19.9 Å². The quantitative estimate of drug-likeness (QED) is 0.844. The van der Waals surface area contributed by atoms with Gasteiger partial charge < -0.3 is 10.1 Å². The summed E-state index contributed by atoms with van der Waals surface area (Å²) in [5.74, 6) is 0.392. The van der Waals surface area contributed by atoms with Gasteiger partial charge >= 0.3 is 0 Å². The molecule has 0 aliphatic heterocycles. The largest absolute Gasteiger partial charge is 0.497 e. The van der Waals surface area contributed by atoms with Gasteiger partial charge in [0.05, 0.1) is 7.11 Å². The first-order valence-corrected chi connectivity index (χ1v) is 7.20. The van der Waals surface area contributed by atoms with E-state index in [4.69, 9.17) is 4.74 Å². The lowest BCUT2D eigenvalue weighted by Gasteiger charge is -2.30. The molecule has 0 fully saturated rings. The highest BCUT2D eigenvalue weighted by Gasteiger charge is 2.21. The first kappa shape index (κ1) is 17.0. The fraction of sp³-hybridized carbons (Fsp3) is 0.647. The molecule has 0 bridgehead atoms. The zero-order valence-electron chi connectivity index (χ0n) is 13.6. The van der Waals surface area contributed by atoms with Crippen molar-refractivity contribution in [2.75, 3.05) is 13.7 Å². The Hall–Kier alpha value is -1.09. The van der Waals surface area contributed by atoms with Crippen molar-refractivity contribution in [2.24, 2.45) is 5.41 Å². The molecule has 1 rings (SSSR count). The second-order valence-corrected chi connectivity index (χ2v) is 7.23. The van der Waals surface area contributed by atoms with Gasteiger partial charge in [-0.15, -0.1) is 0 Å². The Balaban J connectivity index is 2.57. The minimum Gasteiger partial charge on any atom is -0.497 e. The summed E-state index contributed by atoms with van der Waals surface area (Å²) in [5, 5.41) is 3.52. The molecule has 1 N–H and O–H groups in total. The van der Waals surface area contributed by atoms with Crippen molar-refractivity contribution >= 4 is 0 Å². The molecule has 0 saturated heterocycles. The normalized spacial score (nSPS) is 12.6. The van der Waals surface area contributed by atoms with Crippen LogP contribution in [-0.2, 0) is 6.42 Å². The predicted octanol–water partition coefficient (Wildman–Crippen LogP) is 4.18. The van der Waals surface area contributed by atoms with Crippen molar-refractivity contribution in [3.05, 3.63) is 29.6 Å². The number of aryl methyl sites for hydroxylation is 1. The van der Waals surface area contributed by atoms with Crippen LogP contribution in [0.15, 0.2) is 18.2 Å². The first-order valence-electron chi connectivity index (χ1n) is 7.20. The molecule has 0 aliphatic carbocycles. The Bertz CT molecular complexity index is 435. The van der Waals surface area contributed by atoms with E-state index >= 15 is 0 Å². The van der Waals surface area contributed by atoms with Crippen LogP contribution < -0.4 is 10.1 Å². The number of rotatable bonds is 6. The average Bonchev–Trinajstić information content (AvgIpc) is 2.34. The Morgan fingerprint density at radius 1 is 1.15 bits per heavy atom. The number of nitrogens with one attached hydrogen (secondary N) is 1. The van der Waals surface area contributed by atoms with Gasteiger partial charge in [0, 0.05) is 18.2 Å². The topological polar surface area (TPSA) is 21.3 Å². The molecule has 0 aromatic heterocycles. The van der Waals surface area contributed by atoms with Gasteiger partial charge in [-0.05, 0) is 50.7 Å². The summed E-state index contributed by atoms with van der Waals surface area (Å²) in [4.78, 5) is 0. The van der Waals surface area contributed by atoms with Crippen molar-refractivity contribution in [1.29, 1.82) is 0 Å². The van der Waals surface area contributed by atoms with Gasteiger partial charge in [0.1, 0.15) is 11.6 Å². The zero-order chi connectivity index (χ0) is 15.4. The van der Waals surface area contributed by atoms with Gasteiger partial charge in [0.2, 0.25) is 0 Å². The third-order valence-corrected chi connectivity index (χ3v) is 3.43. The van der Waals surface area contributed by atoms with Crippen LogP contribution in [0.3, 0.4) is 0 Å². The van der Waals surface area contributed by atoms with E-state index in [0.717, 1.165) is 24.9 Å². The number of halogens is 1. The highest BCUT2D eigenvalue weighted by molar-refractivity contribution is 5.29. The SMILES string of the molecule is COc1ccc(CCC(C)(C)CNC(C)(C)C)c(F)c1. The maximum atomic E-state index is 13.9.